The van der Waals surface area contributed by atoms with Gasteiger partial charge in [0.15, 0.2) is 0 Å². The van der Waals surface area contributed by atoms with E-state index >= 15 is 0 Å². The van der Waals surface area contributed by atoms with Crippen molar-refractivity contribution in [3.63, 3.8) is 0 Å². The van der Waals surface area contributed by atoms with Gasteiger partial charge in [0, 0.05) is 0 Å². The Morgan fingerprint density at radius 3 is 2.10 bits per heavy atom. The van der Waals surface area contributed by atoms with Crippen LogP contribution < -0.4 is 5.73 Å². The van der Waals surface area contributed by atoms with Gasteiger partial charge in [-0.3, -0.25) is 0 Å². The Morgan fingerprint density at radius 1 is 1.05 bits per heavy atom. The zero-order chi connectivity index (χ0) is 16.3. The molecule has 0 unspecified atom stereocenters. The van der Waals surface area contributed by atoms with Crippen LogP contribution in [0.5, 0.6) is 0 Å². The van der Waals surface area contributed by atoms with Gasteiger partial charge < -0.3 is 5.73 Å². The van der Waals surface area contributed by atoms with Gasteiger partial charge in [0.2, 0.25) is 0 Å². The van der Waals surface area contributed by atoms with Crippen LogP contribution in [0.2, 0.25) is 0 Å². The number of benzene rings is 1. The van der Waals surface area contributed by atoms with Crippen molar-refractivity contribution in [1.82, 2.24) is 0 Å². The Hall–Kier alpha value is -1.10. The highest BCUT2D eigenvalue weighted by atomic mass is 19.4. The maximum Gasteiger partial charge on any atom is 0.417 e. The summed E-state index contributed by atoms with van der Waals surface area (Å²) in [6, 6.07) is 2.91. The minimum atomic E-state index is -4.54. The number of hydrogen-bond donors (Lipinski definition) is 1. The van der Waals surface area contributed by atoms with Crippen LogP contribution in [-0.4, -0.2) is 6.54 Å². The van der Waals surface area contributed by atoms with Crippen LogP contribution >= 0.6 is 0 Å². The van der Waals surface area contributed by atoms with Gasteiger partial charge in [-0.2, -0.15) is 13.2 Å². The van der Waals surface area contributed by atoms with E-state index in [1.54, 1.807) is 26.8 Å². The lowest BCUT2D eigenvalue weighted by Crippen LogP contribution is -2.22. The summed E-state index contributed by atoms with van der Waals surface area (Å²) in [4.78, 5) is 0. The van der Waals surface area contributed by atoms with E-state index in [1.807, 2.05) is 0 Å². The third-order valence-corrected chi connectivity index (χ3v) is 3.43. The van der Waals surface area contributed by atoms with Gasteiger partial charge in [0.1, 0.15) is 6.67 Å². The van der Waals surface area contributed by atoms with Crippen molar-refractivity contribution >= 4 is 0 Å². The molecular formula is C16H23F4N. The van der Waals surface area contributed by atoms with E-state index in [-0.39, 0.29) is 11.1 Å². The van der Waals surface area contributed by atoms with Gasteiger partial charge >= 0.3 is 6.18 Å². The summed E-state index contributed by atoms with van der Waals surface area (Å²) >= 11 is 0. The highest BCUT2D eigenvalue weighted by molar-refractivity contribution is 5.44. The second-order valence-electron chi connectivity index (χ2n) is 6.30. The molecule has 0 radical (unpaired) electrons. The van der Waals surface area contributed by atoms with Gasteiger partial charge in [-0.05, 0) is 47.9 Å². The molecule has 0 aliphatic carbocycles. The fourth-order valence-corrected chi connectivity index (χ4v) is 2.42. The summed E-state index contributed by atoms with van der Waals surface area (Å²) in [7, 11) is 0. The highest BCUT2D eigenvalue weighted by Gasteiger charge is 2.39. The lowest BCUT2D eigenvalue weighted by Gasteiger charge is -2.27. The molecule has 0 atom stereocenters. The molecule has 1 aromatic carbocycles. The van der Waals surface area contributed by atoms with E-state index in [2.05, 4.69) is 0 Å². The number of hydrogen-bond acceptors (Lipinski definition) is 1. The molecular weight excluding hydrogens is 282 g/mol. The zero-order valence-corrected chi connectivity index (χ0v) is 12.8. The van der Waals surface area contributed by atoms with E-state index < -0.39 is 23.8 Å². The van der Waals surface area contributed by atoms with Crippen molar-refractivity contribution in [1.29, 1.82) is 0 Å². The van der Waals surface area contributed by atoms with Gasteiger partial charge in [-0.1, -0.05) is 32.9 Å². The summed E-state index contributed by atoms with van der Waals surface area (Å²) < 4.78 is 53.0. The van der Waals surface area contributed by atoms with Gasteiger partial charge in [-0.15, -0.1) is 0 Å². The monoisotopic (exact) mass is 305 g/mol. The van der Waals surface area contributed by atoms with Gasteiger partial charge in [-0.25, -0.2) is 4.39 Å². The molecule has 0 aromatic heterocycles. The molecule has 2 N–H and O–H groups in total. The number of unbranched alkanes of at least 4 members (excludes halogenated alkanes) is 1. The maximum absolute atomic E-state index is 13.3. The van der Waals surface area contributed by atoms with Crippen molar-refractivity contribution in [3.05, 3.63) is 34.4 Å². The van der Waals surface area contributed by atoms with E-state index in [4.69, 9.17) is 5.73 Å². The molecule has 0 aliphatic heterocycles. The first-order valence-corrected chi connectivity index (χ1v) is 7.10. The van der Waals surface area contributed by atoms with Crippen molar-refractivity contribution in [2.75, 3.05) is 6.54 Å². The van der Waals surface area contributed by atoms with Crippen LogP contribution in [0.3, 0.4) is 0 Å². The van der Waals surface area contributed by atoms with Gasteiger partial charge in [0.25, 0.3) is 0 Å². The summed E-state index contributed by atoms with van der Waals surface area (Å²) in [5.41, 5.74) is 4.54. The quantitative estimate of drug-likeness (QED) is 0.616. The number of alkyl halides is 4. The average molecular weight is 305 g/mol. The van der Waals surface area contributed by atoms with Gasteiger partial charge in [0.05, 0.1) is 5.56 Å². The number of aryl methyl sites for hydroxylation is 1. The number of halogens is 4. The second kappa shape index (κ2) is 6.77. The molecule has 120 valence electrons. The lowest BCUT2D eigenvalue weighted by atomic mass is 9.80. The topological polar surface area (TPSA) is 26.0 Å². The molecule has 0 heterocycles. The average Bonchev–Trinajstić information content (AvgIpc) is 2.35. The Labute approximate surface area is 123 Å². The molecule has 0 saturated heterocycles. The first-order chi connectivity index (χ1) is 9.61. The molecule has 1 aromatic rings. The molecule has 1 nitrogen and oxygen atoms in total. The predicted octanol–water partition coefficient (Wildman–Crippen LogP) is 4.75. The SMILES string of the molecule is CC(C)(C)c1cc(CCCCN)cc(CF)c1C(F)(F)F. The molecule has 0 saturated carbocycles. The molecule has 0 bridgehead atoms. The summed E-state index contributed by atoms with van der Waals surface area (Å²) in [5.74, 6) is 0. The first-order valence-electron chi connectivity index (χ1n) is 7.10. The smallest absolute Gasteiger partial charge is 0.330 e. The zero-order valence-electron chi connectivity index (χ0n) is 12.8. The molecule has 0 amide bonds. The largest absolute Gasteiger partial charge is 0.417 e. The third kappa shape index (κ3) is 4.70. The van der Waals surface area contributed by atoms with E-state index in [0.717, 1.165) is 18.4 Å². The minimum absolute atomic E-state index is 0.160. The minimum Gasteiger partial charge on any atom is -0.330 e. The maximum atomic E-state index is 13.3. The fraction of sp³-hybridized carbons (Fsp3) is 0.625. The van der Waals surface area contributed by atoms with Crippen LogP contribution in [0.4, 0.5) is 17.6 Å². The van der Waals surface area contributed by atoms with Crippen LogP contribution in [0, 0.1) is 0 Å². The van der Waals surface area contributed by atoms with Crippen LogP contribution in [0.1, 0.15) is 55.9 Å². The lowest BCUT2D eigenvalue weighted by molar-refractivity contribution is -0.139. The van der Waals surface area contributed by atoms with Crippen LogP contribution in [0.25, 0.3) is 0 Å². The molecule has 0 fully saturated rings. The van der Waals surface area contributed by atoms with Crippen molar-refractivity contribution in [2.24, 2.45) is 5.73 Å². The molecule has 0 aliphatic rings. The Morgan fingerprint density at radius 2 is 1.67 bits per heavy atom. The molecule has 21 heavy (non-hydrogen) atoms. The molecule has 0 spiro atoms. The van der Waals surface area contributed by atoms with E-state index in [1.165, 1.54) is 6.07 Å². The number of rotatable bonds is 5. The third-order valence-electron chi connectivity index (χ3n) is 3.43. The van der Waals surface area contributed by atoms with Crippen LogP contribution in [0.15, 0.2) is 12.1 Å². The summed E-state index contributed by atoms with van der Waals surface area (Å²) in [5, 5.41) is 0. The first kappa shape index (κ1) is 18.0. The van der Waals surface area contributed by atoms with Crippen molar-refractivity contribution in [3.8, 4) is 0 Å². The Bertz CT molecular complexity index is 472. The summed E-state index contributed by atoms with van der Waals surface area (Å²) in [6.45, 7) is 4.57. The van der Waals surface area contributed by atoms with E-state index in [9.17, 15) is 17.6 Å². The predicted molar refractivity (Wildman–Crippen MR) is 76.9 cm³/mol. The fourth-order valence-electron chi connectivity index (χ4n) is 2.42. The molecule has 1 rings (SSSR count). The number of nitrogens with two attached hydrogens (primary N) is 1. The Balaban J connectivity index is 3.37. The standard InChI is InChI=1S/C16H23F4N/c1-15(2,3)13-9-11(6-4-5-7-21)8-12(10-17)14(13)16(18,19)20/h8-9H,4-7,10,21H2,1-3H3. The second-order valence-corrected chi connectivity index (χ2v) is 6.30. The highest BCUT2D eigenvalue weighted by Crippen LogP contribution is 2.40. The normalized spacial score (nSPS) is 12.8. The van der Waals surface area contributed by atoms with E-state index in [0.29, 0.717) is 13.0 Å². The molecule has 5 heteroatoms. The summed E-state index contributed by atoms with van der Waals surface area (Å²) in [6.07, 6.45) is -2.33. The Kier molecular flexibility index (Phi) is 5.79. The van der Waals surface area contributed by atoms with Crippen molar-refractivity contribution in [2.45, 2.75) is 58.3 Å². The van der Waals surface area contributed by atoms with Crippen LogP contribution in [-0.2, 0) is 24.7 Å². The van der Waals surface area contributed by atoms with Crippen molar-refractivity contribution < 1.29 is 17.6 Å².